The molecule has 1 aromatic carbocycles. The molecule has 0 aliphatic carbocycles. The van der Waals surface area contributed by atoms with Crippen LogP contribution in [-0.2, 0) is 6.42 Å². The Balaban J connectivity index is 0.000000424. The molecule has 74 valence electrons. The summed E-state index contributed by atoms with van der Waals surface area (Å²) >= 11 is 0. The van der Waals surface area contributed by atoms with E-state index in [0.717, 1.165) is 6.42 Å². The van der Waals surface area contributed by atoms with Crippen molar-refractivity contribution >= 4 is 0 Å². The average molecular weight is 178 g/mol. The first-order valence-corrected chi connectivity index (χ1v) is 5.22. The number of rotatable bonds is 1. The van der Waals surface area contributed by atoms with E-state index in [1.54, 1.807) is 0 Å². The Morgan fingerprint density at radius 3 is 1.92 bits per heavy atom. The van der Waals surface area contributed by atoms with Gasteiger partial charge in [-0.1, -0.05) is 45.4 Å². The molecule has 0 aliphatic rings. The summed E-state index contributed by atoms with van der Waals surface area (Å²) < 4.78 is 0. The third-order valence-electron chi connectivity index (χ3n) is 2.10. The summed E-state index contributed by atoms with van der Waals surface area (Å²) in [4.78, 5) is 0. The first-order chi connectivity index (χ1) is 6.17. The molecule has 0 heteroatoms. The lowest BCUT2D eigenvalue weighted by Gasteiger charge is -2.04. The molecule has 0 unspecified atom stereocenters. The van der Waals surface area contributed by atoms with Crippen LogP contribution in [0.4, 0.5) is 0 Å². The Kier molecular flexibility index (Phi) is 6.30. The van der Waals surface area contributed by atoms with Crippen molar-refractivity contribution < 1.29 is 0 Å². The minimum atomic E-state index is 1.15. The molecule has 13 heavy (non-hydrogen) atoms. The van der Waals surface area contributed by atoms with Gasteiger partial charge >= 0.3 is 0 Å². The molecule has 0 amide bonds. The fourth-order valence-electron chi connectivity index (χ4n) is 1.19. The second-order valence-electron chi connectivity index (χ2n) is 3.42. The van der Waals surface area contributed by atoms with Gasteiger partial charge < -0.3 is 0 Å². The van der Waals surface area contributed by atoms with Gasteiger partial charge in [-0.3, -0.25) is 0 Å². The number of hydrogen-bond donors (Lipinski definition) is 0. The molecule has 0 radical (unpaired) electrons. The Bertz CT molecular complexity index is 236. The van der Waals surface area contributed by atoms with Crippen molar-refractivity contribution in [1.29, 1.82) is 0 Å². The number of benzene rings is 1. The monoisotopic (exact) mass is 178 g/mol. The van der Waals surface area contributed by atoms with Gasteiger partial charge in [-0.25, -0.2) is 0 Å². The van der Waals surface area contributed by atoms with E-state index in [4.69, 9.17) is 0 Å². The zero-order valence-corrected chi connectivity index (χ0v) is 9.65. The molecule has 0 heterocycles. The summed E-state index contributed by atoms with van der Waals surface area (Å²) in [5, 5.41) is 0. The van der Waals surface area contributed by atoms with Crippen molar-refractivity contribution in [3.8, 4) is 0 Å². The van der Waals surface area contributed by atoms with Gasteiger partial charge in [-0.15, -0.1) is 0 Å². The summed E-state index contributed by atoms with van der Waals surface area (Å²) in [6, 6.07) is 6.48. The fourth-order valence-corrected chi connectivity index (χ4v) is 1.19. The van der Waals surface area contributed by atoms with E-state index in [9.17, 15) is 0 Å². The van der Waals surface area contributed by atoms with E-state index < -0.39 is 0 Å². The molecule has 0 N–H and O–H groups in total. The molecule has 0 aliphatic heterocycles. The summed E-state index contributed by atoms with van der Waals surface area (Å²) in [5.74, 6) is 0. The topological polar surface area (TPSA) is 0 Å². The highest BCUT2D eigenvalue weighted by Gasteiger charge is 1.95. The van der Waals surface area contributed by atoms with E-state index in [1.807, 2.05) is 0 Å². The van der Waals surface area contributed by atoms with E-state index in [-0.39, 0.29) is 0 Å². The molecular formula is C13H22. The third kappa shape index (κ3) is 4.12. The predicted octanol–water partition coefficient (Wildman–Crippen LogP) is 4.28. The lowest BCUT2D eigenvalue weighted by atomic mass is 10.0. The highest BCUT2D eigenvalue weighted by Crippen LogP contribution is 2.12. The second-order valence-corrected chi connectivity index (χ2v) is 3.42. The lowest BCUT2D eigenvalue weighted by Crippen LogP contribution is -1.88. The van der Waals surface area contributed by atoms with Crippen LogP contribution in [0.5, 0.6) is 0 Å². The highest BCUT2D eigenvalue weighted by molar-refractivity contribution is 5.32. The smallest absolute Gasteiger partial charge is 0.0305 e. The third-order valence-corrected chi connectivity index (χ3v) is 2.10. The molecule has 1 rings (SSSR count). The Labute approximate surface area is 83.0 Å². The van der Waals surface area contributed by atoms with Crippen LogP contribution < -0.4 is 0 Å². The maximum Gasteiger partial charge on any atom is -0.0305 e. The molecule has 0 atom stereocenters. The van der Waals surface area contributed by atoms with Crippen molar-refractivity contribution in [2.24, 2.45) is 0 Å². The zero-order valence-electron chi connectivity index (χ0n) is 9.65. The Morgan fingerprint density at radius 1 is 1.00 bits per heavy atom. The summed E-state index contributed by atoms with van der Waals surface area (Å²) in [6.07, 6.45) is 2.40. The van der Waals surface area contributed by atoms with Gasteiger partial charge in [0, 0.05) is 0 Å². The molecule has 1 aromatic rings. The number of aryl methyl sites for hydroxylation is 2. The lowest BCUT2D eigenvalue weighted by molar-refractivity contribution is 1.09. The van der Waals surface area contributed by atoms with Gasteiger partial charge in [0.2, 0.25) is 0 Å². The normalized spacial score (nSPS) is 9.00. The molecule has 0 bridgehead atoms. The van der Waals surface area contributed by atoms with E-state index >= 15 is 0 Å². The van der Waals surface area contributed by atoms with Crippen molar-refractivity contribution in [3.63, 3.8) is 0 Å². The van der Waals surface area contributed by atoms with Crippen LogP contribution in [-0.4, -0.2) is 0 Å². The summed E-state index contributed by atoms with van der Waals surface area (Å²) in [6.45, 7) is 10.8. The summed E-state index contributed by atoms with van der Waals surface area (Å²) in [7, 11) is 0. The molecule has 0 spiro atoms. The highest BCUT2D eigenvalue weighted by atomic mass is 14.0. The van der Waals surface area contributed by atoms with E-state index in [2.05, 4.69) is 52.8 Å². The second kappa shape index (κ2) is 6.71. The minimum absolute atomic E-state index is 1.15. The molecule has 0 saturated carbocycles. The van der Waals surface area contributed by atoms with Crippen LogP contribution in [0, 0.1) is 13.8 Å². The zero-order chi connectivity index (χ0) is 10.3. The molecule has 0 nitrogen and oxygen atoms in total. The van der Waals surface area contributed by atoms with Crippen LogP contribution in [0.1, 0.15) is 43.9 Å². The molecule has 0 aromatic heterocycles. The van der Waals surface area contributed by atoms with Crippen molar-refractivity contribution in [1.82, 2.24) is 0 Å². The fraction of sp³-hybridized carbons (Fsp3) is 0.538. The van der Waals surface area contributed by atoms with Crippen LogP contribution in [0.25, 0.3) is 0 Å². The quantitative estimate of drug-likeness (QED) is 0.602. The van der Waals surface area contributed by atoms with Crippen LogP contribution in [0.3, 0.4) is 0 Å². The Hall–Kier alpha value is -0.780. The van der Waals surface area contributed by atoms with E-state index in [0.29, 0.717) is 0 Å². The van der Waals surface area contributed by atoms with Gasteiger partial charge in [0.25, 0.3) is 0 Å². The minimum Gasteiger partial charge on any atom is -0.0656 e. The van der Waals surface area contributed by atoms with Gasteiger partial charge in [0.1, 0.15) is 0 Å². The van der Waals surface area contributed by atoms with Crippen molar-refractivity contribution in [2.45, 2.75) is 47.5 Å². The van der Waals surface area contributed by atoms with Crippen LogP contribution >= 0.6 is 0 Å². The van der Waals surface area contributed by atoms with E-state index in [1.165, 1.54) is 23.1 Å². The van der Waals surface area contributed by atoms with Gasteiger partial charge in [-0.2, -0.15) is 0 Å². The maximum atomic E-state index is 2.20. The summed E-state index contributed by atoms with van der Waals surface area (Å²) in [5.41, 5.74) is 4.32. The van der Waals surface area contributed by atoms with Gasteiger partial charge in [-0.05, 0) is 37.0 Å². The van der Waals surface area contributed by atoms with Crippen LogP contribution in [0.15, 0.2) is 18.2 Å². The first kappa shape index (κ1) is 12.2. The number of hydrogen-bond acceptors (Lipinski definition) is 0. The molecule has 0 saturated heterocycles. The standard InChI is InChI=1S/C10H14.C3H8/c1-4-10-7-5-6-8(2)9(10)3;1-3-2/h5-7H,4H2,1-3H3;3H2,1-2H3. The average Bonchev–Trinajstić information content (AvgIpc) is 2.11. The van der Waals surface area contributed by atoms with Gasteiger partial charge in [0.05, 0.1) is 0 Å². The van der Waals surface area contributed by atoms with Crippen LogP contribution in [0.2, 0.25) is 0 Å². The van der Waals surface area contributed by atoms with Gasteiger partial charge in [0.15, 0.2) is 0 Å². The van der Waals surface area contributed by atoms with Crippen molar-refractivity contribution in [3.05, 3.63) is 34.9 Å². The van der Waals surface area contributed by atoms with Crippen molar-refractivity contribution in [2.75, 3.05) is 0 Å². The largest absolute Gasteiger partial charge is 0.0656 e. The Morgan fingerprint density at radius 2 is 1.54 bits per heavy atom. The maximum absolute atomic E-state index is 2.20. The molecular weight excluding hydrogens is 156 g/mol. The molecule has 0 fully saturated rings. The first-order valence-electron chi connectivity index (χ1n) is 5.22. The predicted molar refractivity (Wildman–Crippen MR) is 61.3 cm³/mol. The SMILES string of the molecule is CCC.CCc1cccc(C)c1C.